The Kier molecular flexibility index (Phi) is 6.14. The molecule has 3 aromatic rings. The van der Waals surface area contributed by atoms with Crippen LogP contribution in [0.4, 0.5) is 0 Å². The van der Waals surface area contributed by atoms with E-state index in [1.54, 1.807) is 0 Å². The maximum Gasteiger partial charge on any atom is 0.241 e. The van der Waals surface area contributed by atoms with Crippen LogP contribution in [0.5, 0.6) is 0 Å². The molecule has 0 saturated carbocycles. The fraction of sp³-hybridized carbons (Fsp3) is 0.391. The number of benzene rings is 2. The van der Waals surface area contributed by atoms with Crippen molar-refractivity contribution >= 4 is 0 Å². The molecule has 2 heterocycles. The average molecular weight is 377 g/mol. The van der Waals surface area contributed by atoms with Crippen molar-refractivity contribution in [1.82, 2.24) is 15.0 Å². The average Bonchev–Trinajstić information content (AvgIpc) is 3.41. The van der Waals surface area contributed by atoms with Gasteiger partial charge < -0.3 is 9.26 Å². The van der Waals surface area contributed by atoms with Gasteiger partial charge in [0.15, 0.2) is 0 Å². The summed E-state index contributed by atoms with van der Waals surface area (Å²) in [6.45, 7) is 5.34. The third kappa shape index (κ3) is 4.86. The standard InChI is InChI=1S/C23H27N3O2/c1-2-18-10-12-20(13-11-18)23-24-22(28-25-23)17-26(16-21-9-6-14-27-21)15-19-7-4-3-5-8-19/h3-5,7-8,10-13,21H,2,6,9,14-17H2,1H3. The van der Waals surface area contributed by atoms with Gasteiger partial charge in [-0.25, -0.2) is 0 Å². The normalized spacial score (nSPS) is 16.7. The second-order valence-electron chi connectivity index (χ2n) is 7.35. The fourth-order valence-electron chi connectivity index (χ4n) is 3.62. The topological polar surface area (TPSA) is 51.4 Å². The minimum atomic E-state index is 0.285. The van der Waals surface area contributed by atoms with E-state index in [0.717, 1.165) is 44.5 Å². The Hall–Kier alpha value is -2.50. The predicted molar refractivity (Wildman–Crippen MR) is 109 cm³/mol. The first-order chi connectivity index (χ1) is 13.8. The van der Waals surface area contributed by atoms with Crippen LogP contribution < -0.4 is 0 Å². The molecule has 0 amide bonds. The Labute approximate surface area is 166 Å². The molecule has 1 saturated heterocycles. The van der Waals surface area contributed by atoms with E-state index in [2.05, 4.69) is 70.5 Å². The SMILES string of the molecule is CCc1ccc(-c2noc(CN(Cc3ccccc3)CC3CCCO3)n2)cc1. The van der Waals surface area contributed by atoms with Crippen LogP contribution in [0.1, 0.15) is 36.8 Å². The summed E-state index contributed by atoms with van der Waals surface area (Å²) in [7, 11) is 0. The third-order valence-corrected chi connectivity index (χ3v) is 5.18. The van der Waals surface area contributed by atoms with Gasteiger partial charge in [0.25, 0.3) is 0 Å². The van der Waals surface area contributed by atoms with Crippen molar-refractivity contribution in [3.63, 3.8) is 0 Å². The molecule has 0 bridgehead atoms. The molecule has 1 aliphatic rings. The van der Waals surface area contributed by atoms with E-state index in [0.29, 0.717) is 18.3 Å². The summed E-state index contributed by atoms with van der Waals surface area (Å²) in [6.07, 6.45) is 3.56. The number of rotatable bonds is 8. The van der Waals surface area contributed by atoms with Gasteiger partial charge in [-0.1, -0.05) is 66.7 Å². The number of aryl methyl sites for hydroxylation is 1. The Morgan fingerprint density at radius 1 is 1.00 bits per heavy atom. The molecule has 1 aliphatic heterocycles. The maximum atomic E-state index is 5.85. The van der Waals surface area contributed by atoms with Crippen LogP contribution in [-0.2, 0) is 24.2 Å². The number of ether oxygens (including phenoxy) is 1. The summed E-state index contributed by atoms with van der Waals surface area (Å²) in [6, 6.07) is 18.8. The molecule has 146 valence electrons. The summed E-state index contributed by atoms with van der Waals surface area (Å²) in [5.41, 5.74) is 3.56. The van der Waals surface area contributed by atoms with Crippen molar-refractivity contribution < 1.29 is 9.26 Å². The smallest absolute Gasteiger partial charge is 0.241 e. The lowest BCUT2D eigenvalue weighted by Crippen LogP contribution is -2.31. The number of nitrogens with zero attached hydrogens (tertiary/aromatic N) is 3. The highest BCUT2D eigenvalue weighted by molar-refractivity contribution is 5.54. The third-order valence-electron chi connectivity index (χ3n) is 5.18. The molecule has 1 fully saturated rings. The van der Waals surface area contributed by atoms with Gasteiger partial charge in [0.05, 0.1) is 12.6 Å². The van der Waals surface area contributed by atoms with Gasteiger partial charge in [-0.15, -0.1) is 0 Å². The highest BCUT2D eigenvalue weighted by Gasteiger charge is 2.21. The summed E-state index contributed by atoms with van der Waals surface area (Å²) in [4.78, 5) is 6.97. The van der Waals surface area contributed by atoms with Crippen LogP contribution in [0.2, 0.25) is 0 Å². The predicted octanol–water partition coefficient (Wildman–Crippen LogP) is 4.48. The number of hydrogen-bond acceptors (Lipinski definition) is 5. The number of aromatic nitrogens is 2. The molecule has 0 spiro atoms. The molecular formula is C23H27N3O2. The van der Waals surface area contributed by atoms with E-state index in [9.17, 15) is 0 Å². The van der Waals surface area contributed by atoms with Gasteiger partial charge in [-0.05, 0) is 30.4 Å². The van der Waals surface area contributed by atoms with Crippen LogP contribution in [0.15, 0.2) is 59.1 Å². The first-order valence-electron chi connectivity index (χ1n) is 10.1. The quantitative estimate of drug-likeness (QED) is 0.579. The van der Waals surface area contributed by atoms with Gasteiger partial charge in [-0.2, -0.15) is 4.98 Å². The van der Waals surface area contributed by atoms with Crippen molar-refractivity contribution in [2.45, 2.75) is 45.4 Å². The lowest BCUT2D eigenvalue weighted by molar-refractivity contribution is 0.0640. The Morgan fingerprint density at radius 3 is 2.54 bits per heavy atom. The molecule has 4 rings (SSSR count). The summed E-state index contributed by atoms with van der Waals surface area (Å²) < 4.78 is 11.4. The van der Waals surface area contributed by atoms with E-state index in [-0.39, 0.29) is 6.10 Å². The van der Waals surface area contributed by atoms with E-state index < -0.39 is 0 Å². The lowest BCUT2D eigenvalue weighted by atomic mass is 10.1. The van der Waals surface area contributed by atoms with Crippen LogP contribution in [0.25, 0.3) is 11.4 Å². The second kappa shape index (κ2) is 9.13. The molecule has 0 N–H and O–H groups in total. The summed E-state index contributed by atoms with van der Waals surface area (Å²) in [5.74, 6) is 1.29. The molecule has 1 aromatic heterocycles. The zero-order chi connectivity index (χ0) is 19.2. The van der Waals surface area contributed by atoms with Crippen molar-refractivity contribution in [3.8, 4) is 11.4 Å². The second-order valence-corrected chi connectivity index (χ2v) is 7.35. The van der Waals surface area contributed by atoms with Crippen molar-refractivity contribution in [3.05, 3.63) is 71.6 Å². The van der Waals surface area contributed by atoms with Gasteiger partial charge in [-0.3, -0.25) is 4.90 Å². The molecule has 28 heavy (non-hydrogen) atoms. The maximum absolute atomic E-state index is 5.85. The molecule has 1 atom stereocenters. The fourth-order valence-corrected chi connectivity index (χ4v) is 3.62. The molecule has 2 aromatic carbocycles. The molecule has 0 radical (unpaired) electrons. The number of hydrogen-bond donors (Lipinski definition) is 0. The minimum Gasteiger partial charge on any atom is -0.377 e. The van der Waals surface area contributed by atoms with Crippen LogP contribution in [-0.4, -0.2) is 34.3 Å². The van der Waals surface area contributed by atoms with Crippen LogP contribution in [0, 0.1) is 0 Å². The van der Waals surface area contributed by atoms with Crippen LogP contribution in [0.3, 0.4) is 0 Å². The zero-order valence-electron chi connectivity index (χ0n) is 16.4. The highest BCUT2D eigenvalue weighted by Crippen LogP contribution is 2.20. The van der Waals surface area contributed by atoms with Crippen molar-refractivity contribution in [1.29, 1.82) is 0 Å². The molecule has 1 unspecified atom stereocenters. The van der Waals surface area contributed by atoms with E-state index in [1.807, 2.05) is 6.07 Å². The zero-order valence-corrected chi connectivity index (χ0v) is 16.4. The molecule has 5 nitrogen and oxygen atoms in total. The van der Waals surface area contributed by atoms with Crippen molar-refractivity contribution in [2.24, 2.45) is 0 Å². The van der Waals surface area contributed by atoms with Gasteiger partial charge in [0.1, 0.15) is 0 Å². The monoisotopic (exact) mass is 377 g/mol. The van der Waals surface area contributed by atoms with E-state index >= 15 is 0 Å². The van der Waals surface area contributed by atoms with Gasteiger partial charge in [0, 0.05) is 25.3 Å². The minimum absolute atomic E-state index is 0.285. The molecule has 0 aliphatic carbocycles. The lowest BCUT2D eigenvalue weighted by Gasteiger charge is -2.23. The van der Waals surface area contributed by atoms with Gasteiger partial charge >= 0.3 is 0 Å². The van der Waals surface area contributed by atoms with Gasteiger partial charge in [0.2, 0.25) is 11.7 Å². The Balaban J connectivity index is 1.46. The van der Waals surface area contributed by atoms with E-state index in [4.69, 9.17) is 9.26 Å². The molecular weight excluding hydrogens is 350 g/mol. The van der Waals surface area contributed by atoms with Crippen LogP contribution >= 0.6 is 0 Å². The summed E-state index contributed by atoms with van der Waals surface area (Å²) >= 11 is 0. The molecule has 5 heteroatoms. The van der Waals surface area contributed by atoms with E-state index in [1.165, 1.54) is 11.1 Å². The highest BCUT2D eigenvalue weighted by atomic mass is 16.5. The first kappa shape index (κ1) is 18.8. The largest absolute Gasteiger partial charge is 0.377 e. The summed E-state index contributed by atoms with van der Waals surface area (Å²) in [5, 5.41) is 4.19. The van der Waals surface area contributed by atoms with Crippen molar-refractivity contribution in [2.75, 3.05) is 13.2 Å². The Morgan fingerprint density at radius 2 is 1.82 bits per heavy atom. The first-order valence-corrected chi connectivity index (χ1v) is 10.1. The Bertz CT molecular complexity index is 855.